The number of aryl methyl sites for hydroxylation is 1. The molecule has 1 aromatic heterocycles. The third-order valence-electron chi connectivity index (χ3n) is 4.22. The third-order valence-corrected chi connectivity index (χ3v) is 5.48. The number of esters is 1. The first kappa shape index (κ1) is 18.4. The van der Waals surface area contributed by atoms with Crippen molar-refractivity contribution in [3.05, 3.63) is 58.5 Å². The zero-order valence-corrected chi connectivity index (χ0v) is 16.5. The molecule has 0 aliphatic rings. The average molecular weight is 385 g/mol. The molecule has 0 atom stereocenters. The van der Waals surface area contributed by atoms with E-state index in [1.807, 2.05) is 44.2 Å². The lowest BCUT2D eigenvalue weighted by molar-refractivity contribution is 0.0601. The molecule has 2 N–H and O–H groups in total. The van der Waals surface area contributed by atoms with Crippen LogP contribution in [-0.4, -0.2) is 18.2 Å². The zero-order valence-electron chi connectivity index (χ0n) is 14.9. The van der Waals surface area contributed by atoms with Gasteiger partial charge in [-0.05, 0) is 42.6 Å². The smallest absolute Gasteiger partial charge is 0.341 e. The van der Waals surface area contributed by atoms with Crippen molar-refractivity contribution in [3.8, 4) is 0 Å². The molecule has 0 saturated carbocycles. The van der Waals surface area contributed by atoms with Gasteiger partial charge in [-0.25, -0.2) is 4.79 Å². The standard InChI is InChI=1S/C20H20N2O2S2/c1-4-14-12(2)26-18(17(14)19(23)24-3)22-20(25)21-16-11-7-9-13-8-5-6-10-15(13)16/h5-11H,4H2,1-3H3,(H2,21,22,25). The fourth-order valence-electron chi connectivity index (χ4n) is 3.00. The average Bonchev–Trinajstić information content (AvgIpc) is 2.96. The summed E-state index contributed by atoms with van der Waals surface area (Å²) in [5.41, 5.74) is 2.49. The first-order valence-corrected chi connectivity index (χ1v) is 9.54. The summed E-state index contributed by atoms with van der Waals surface area (Å²) in [5.74, 6) is -0.346. The predicted octanol–water partition coefficient (Wildman–Crippen LogP) is 5.37. The van der Waals surface area contributed by atoms with Crippen molar-refractivity contribution in [1.82, 2.24) is 0 Å². The van der Waals surface area contributed by atoms with E-state index in [2.05, 4.69) is 22.8 Å². The Morgan fingerprint density at radius 2 is 1.88 bits per heavy atom. The number of thiophene rings is 1. The minimum Gasteiger partial charge on any atom is -0.465 e. The van der Waals surface area contributed by atoms with E-state index >= 15 is 0 Å². The molecule has 0 fully saturated rings. The minimum absolute atomic E-state index is 0.346. The Labute approximate surface area is 162 Å². The predicted molar refractivity (Wildman–Crippen MR) is 114 cm³/mol. The zero-order chi connectivity index (χ0) is 18.7. The van der Waals surface area contributed by atoms with Crippen LogP contribution in [0.5, 0.6) is 0 Å². The van der Waals surface area contributed by atoms with Gasteiger partial charge in [-0.3, -0.25) is 0 Å². The Hall–Kier alpha value is -2.44. The highest BCUT2D eigenvalue weighted by Gasteiger charge is 2.22. The highest BCUT2D eigenvalue weighted by molar-refractivity contribution is 7.80. The van der Waals surface area contributed by atoms with Crippen LogP contribution in [0, 0.1) is 6.92 Å². The SMILES string of the molecule is CCc1c(C)sc(NC(=S)Nc2cccc3ccccc23)c1C(=O)OC. The van der Waals surface area contributed by atoms with Gasteiger partial charge in [0.1, 0.15) is 5.00 Å². The highest BCUT2D eigenvalue weighted by atomic mass is 32.1. The number of hydrogen-bond acceptors (Lipinski definition) is 4. The summed E-state index contributed by atoms with van der Waals surface area (Å²) < 4.78 is 4.95. The molecule has 0 aliphatic heterocycles. The van der Waals surface area contributed by atoms with Crippen LogP contribution in [0.2, 0.25) is 0 Å². The first-order valence-electron chi connectivity index (χ1n) is 8.31. The number of anilines is 2. The number of rotatable bonds is 4. The van der Waals surface area contributed by atoms with Gasteiger partial charge in [0.15, 0.2) is 5.11 Å². The summed E-state index contributed by atoms with van der Waals surface area (Å²) in [7, 11) is 1.39. The molecule has 2 aromatic carbocycles. The molecule has 6 heteroatoms. The molecule has 0 radical (unpaired) electrons. The maximum Gasteiger partial charge on any atom is 0.341 e. The Morgan fingerprint density at radius 3 is 2.62 bits per heavy atom. The number of carbonyl (C=O) groups excluding carboxylic acids is 1. The highest BCUT2D eigenvalue weighted by Crippen LogP contribution is 2.34. The number of fused-ring (bicyclic) bond motifs is 1. The van der Waals surface area contributed by atoms with Crippen LogP contribution in [-0.2, 0) is 11.2 Å². The van der Waals surface area contributed by atoms with Gasteiger partial charge in [0.25, 0.3) is 0 Å². The molecule has 0 saturated heterocycles. The fourth-order valence-corrected chi connectivity index (χ4v) is 4.42. The van der Waals surface area contributed by atoms with E-state index in [9.17, 15) is 4.79 Å². The van der Waals surface area contributed by atoms with Crippen LogP contribution in [0.25, 0.3) is 10.8 Å². The van der Waals surface area contributed by atoms with Crippen LogP contribution >= 0.6 is 23.6 Å². The lowest BCUT2D eigenvalue weighted by atomic mass is 10.1. The lowest BCUT2D eigenvalue weighted by Crippen LogP contribution is -2.20. The van der Waals surface area contributed by atoms with Gasteiger partial charge in [0.2, 0.25) is 0 Å². The van der Waals surface area contributed by atoms with Crippen molar-refractivity contribution in [2.45, 2.75) is 20.3 Å². The number of hydrogen-bond donors (Lipinski definition) is 2. The van der Waals surface area contributed by atoms with E-state index in [4.69, 9.17) is 17.0 Å². The minimum atomic E-state index is -0.346. The van der Waals surface area contributed by atoms with Crippen LogP contribution < -0.4 is 10.6 Å². The lowest BCUT2D eigenvalue weighted by Gasteiger charge is -2.13. The van der Waals surface area contributed by atoms with Crippen molar-refractivity contribution in [3.63, 3.8) is 0 Å². The topological polar surface area (TPSA) is 50.4 Å². The molecule has 3 rings (SSSR count). The van der Waals surface area contributed by atoms with Crippen LogP contribution in [0.1, 0.15) is 27.7 Å². The number of ether oxygens (including phenoxy) is 1. The van der Waals surface area contributed by atoms with Gasteiger partial charge in [0, 0.05) is 16.0 Å². The molecular weight excluding hydrogens is 364 g/mol. The Balaban J connectivity index is 1.88. The summed E-state index contributed by atoms with van der Waals surface area (Å²) in [6.07, 6.45) is 0.762. The Morgan fingerprint density at radius 1 is 1.15 bits per heavy atom. The second-order valence-electron chi connectivity index (χ2n) is 5.79. The normalized spacial score (nSPS) is 10.6. The maximum atomic E-state index is 12.2. The fraction of sp³-hybridized carbons (Fsp3) is 0.200. The van der Waals surface area contributed by atoms with Crippen molar-refractivity contribution in [1.29, 1.82) is 0 Å². The number of carbonyl (C=O) groups is 1. The van der Waals surface area contributed by atoms with Crippen molar-refractivity contribution in [2.75, 3.05) is 17.7 Å². The quantitative estimate of drug-likeness (QED) is 0.468. The van der Waals surface area contributed by atoms with Gasteiger partial charge in [-0.2, -0.15) is 0 Å². The number of benzene rings is 2. The molecule has 0 amide bonds. The van der Waals surface area contributed by atoms with Gasteiger partial charge in [-0.1, -0.05) is 43.3 Å². The van der Waals surface area contributed by atoms with Gasteiger partial charge in [-0.15, -0.1) is 11.3 Å². The van der Waals surface area contributed by atoms with E-state index in [0.717, 1.165) is 33.3 Å². The van der Waals surface area contributed by atoms with Gasteiger partial charge in [0.05, 0.1) is 12.7 Å². The second-order valence-corrected chi connectivity index (χ2v) is 7.42. The summed E-state index contributed by atoms with van der Waals surface area (Å²) in [6, 6.07) is 14.1. The first-order chi connectivity index (χ1) is 12.5. The van der Waals surface area contributed by atoms with E-state index in [1.165, 1.54) is 18.4 Å². The largest absolute Gasteiger partial charge is 0.465 e. The Bertz CT molecular complexity index is 974. The summed E-state index contributed by atoms with van der Waals surface area (Å²) >= 11 is 7.00. The second kappa shape index (κ2) is 7.85. The van der Waals surface area contributed by atoms with E-state index in [-0.39, 0.29) is 5.97 Å². The molecule has 26 heavy (non-hydrogen) atoms. The molecule has 0 aliphatic carbocycles. The molecule has 0 bridgehead atoms. The van der Waals surface area contributed by atoms with Gasteiger partial charge < -0.3 is 15.4 Å². The molecule has 0 spiro atoms. The number of methoxy groups -OCH3 is 1. The van der Waals surface area contributed by atoms with Crippen LogP contribution in [0.15, 0.2) is 42.5 Å². The molecule has 0 unspecified atom stereocenters. The van der Waals surface area contributed by atoms with Crippen LogP contribution in [0.4, 0.5) is 10.7 Å². The third kappa shape index (κ3) is 3.57. The monoisotopic (exact) mass is 384 g/mol. The number of nitrogens with one attached hydrogen (secondary N) is 2. The van der Waals surface area contributed by atoms with Crippen molar-refractivity contribution >= 4 is 56.1 Å². The number of thiocarbonyl (C=S) groups is 1. The summed E-state index contributed by atoms with van der Waals surface area (Å²) in [4.78, 5) is 13.3. The van der Waals surface area contributed by atoms with E-state index in [1.54, 1.807) is 0 Å². The molecule has 4 nitrogen and oxygen atoms in total. The Kier molecular flexibility index (Phi) is 5.54. The van der Waals surface area contributed by atoms with E-state index < -0.39 is 0 Å². The molecule has 1 heterocycles. The molecule has 134 valence electrons. The van der Waals surface area contributed by atoms with Crippen molar-refractivity contribution in [2.24, 2.45) is 0 Å². The molecule has 3 aromatic rings. The van der Waals surface area contributed by atoms with E-state index in [0.29, 0.717) is 15.7 Å². The van der Waals surface area contributed by atoms with Gasteiger partial charge >= 0.3 is 5.97 Å². The summed E-state index contributed by atoms with van der Waals surface area (Å²) in [5, 5.41) is 9.79. The van der Waals surface area contributed by atoms with Crippen molar-refractivity contribution < 1.29 is 9.53 Å². The van der Waals surface area contributed by atoms with Crippen LogP contribution in [0.3, 0.4) is 0 Å². The maximum absolute atomic E-state index is 12.2. The molecular formula is C20H20N2O2S2. The summed E-state index contributed by atoms with van der Waals surface area (Å²) in [6.45, 7) is 4.03.